The number of nitrogens with two attached hydrogens (primary N) is 1. The average molecular weight is 252 g/mol. The van der Waals surface area contributed by atoms with Crippen molar-refractivity contribution in [3.63, 3.8) is 0 Å². The molecule has 104 valence electrons. The predicted octanol–water partition coefficient (Wildman–Crippen LogP) is 2.54. The molecule has 1 amide bonds. The maximum Gasteiger partial charge on any atom is 0.222 e. The Morgan fingerprint density at radius 3 is 2.33 bits per heavy atom. The molecule has 1 aliphatic heterocycles. The van der Waals surface area contributed by atoms with Crippen LogP contribution in [0.1, 0.15) is 58.3 Å². The molecule has 0 aromatic rings. The molecule has 2 rings (SSSR count). The Balaban J connectivity index is 1.80. The largest absolute Gasteiger partial charge is 0.343 e. The molecule has 2 aliphatic rings. The molecule has 0 aromatic heterocycles. The Bertz CT molecular complexity index is 270. The lowest BCUT2D eigenvalue weighted by Crippen LogP contribution is -2.43. The van der Waals surface area contributed by atoms with Crippen LogP contribution in [0.3, 0.4) is 0 Å². The highest BCUT2D eigenvalue weighted by atomic mass is 16.2. The molecule has 3 heteroatoms. The van der Waals surface area contributed by atoms with Gasteiger partial charge in [0.05, 0.1) is 0 Å². The number of amides is 1. The lowest BCUT2D eigenvalue weighted by atomic mass is 9.77. The van der Waals surface area contributed by atoms with Crippen molar-refractivity contribution in [1.29, 1.82) is 0 Å². The van der Waals surface area contributed by atoms with Crippen molar-refractivity contribution in [2.75, 3.05) is 19.6 Å². The van der Waals surface area contributed by atoms with Crippen molar-refractivity contribution >= 4 is 5.91 Å². The van der Waals surface area contributed by atoms with Gasteiger partial charge >= 0.3 is 0 Å². The highest BCUT2D eigenvalue weighted by Crippen LogP contribution is 2.46. The predicted molar refractivity (Wildman–Crippen MR) is 74.2 cm³/mol. The summed E-state index contributed by atoms with van der Waals surface area (Å²) in [6.07, 6.45) is 9.74. The first-order valence-corrected chi connectivity index (χ1v) is 7.67. The van der Waals surface area contributed by atoms with E-state index in [-0.39, 0.29) is 0 Å². The zero-order chi connectivity index (χ0) is 13.0. The Hall–Kier alpha value is -0.570. The quantitative estimate of drug-likeness (QED) is 0.836. The second-order valence-electron chi connectivity index (χ2n) is 6.30. The fourth-order valence-corrected chi connectivity index (χ4v) is 3.63. The van der Waals surface area contributed by atoms with Crippen LogP contribution in [-0.2, 0) is 4.79 Å². The van der Waals surface area contributed by atoms with Crippen LogP contribution in [0.2, 0.25) is 0 Å². The number of carbonyl (C=O) groups is 1. The zero-order valence-electron chi connectivity index (χ0n) is 11.8. The van der Waals surface area contributed by atoms with E-state index in [4.69, 9.17) is 5.73 Å². The van der Waals surface area contributed by atoms with Crippen molar-refractivity contribution in [2.45, 2.75) is 58.3 Å². The third-order valence-corrected chi connectivity index (χ3v) is 5.22. The molecular weight excluding hydrogens is 224 g/mol. The van der Waals surface area contributed by atoms with Gasteiger partial charge in [-0.15, -0.1) is 0 Å². The highest BCUT2D eigenvalue weighted by molar-refractivity contribution is 5.76. The Morgan fingerprint density at radius 2 is 1.83 bits per heavy atom. The van der Waals surface area contributed by atoms with Crippen LogP contribution in [0, 0.1) is 11.3 Å². The van der Waals surface area contributed by atoms with Crippen LogP contribution >= 0.6 is 0 Å². The number of rotatable bonds is 4. The summed E-state index contributed by atoms with van der Waals surface area (Å²) >= 11 is 0. The molecule has 0 radical (unpaired) electrons. The van der Waals surface area contributed by atoms with E-state index < -0.39 is 0 Å². The van der Waals surface area contributed by atoms with Crippen molar-refractivity contribution in [2.24, 2.45) is 17.1 Å². The van der Waals surface area contributed by atoms with Gasteiger partial charge in [0.25, 0.3) is 0 Å². The van der Waals surface area contributed by atoms with Crippen molar-refractivity contribution in [3.05, 3.63) is 0 Å². The number of piperidine rings is 1. The highest BCUT2D eigenvalue weighted by Gasteiger charge is 2.37. The third-order valence-electron chi connectivity index (χ3n) is 5.22. The number of hydrogen-bond donors (Lipinski definition) is 1. The van der Waals surface area contributed by atoms with Crippen molar-refractivity contribution < 1.29 is 4.79 Å². The summed E-state index contributed by atoms with van der Waals surface area (Å²) < 4.78 is 0. The van der Waals surface area contributed by atoms with Crippen molar-refractivity contribution in [1.82, 2.24) is 4.90 Å². The normalized spacial score (nSPS) is 24.4. The molecule has 1 atom stereocenters. The summed E-state index contributed by atoms with van der Waals surface area (Å²) in [5, 5.41) is 0. The molecule has 1 heterocycles. The van der Waals surface area contributed by atoms with Gasteiger partial charge in [-0.25, -0.2) is 0 Å². The molecule has 2 N–H and O–H groups in total. The van der Waals surface area contributed by atoms with Crippen LogP contribution in [0.25, 0.3) is 0 Å². The van der Waals surface area contributed by atoms with Gasteiger partial charge in [-0.3, -0.25) is 4.79 Å². The van der Waals surface area contributed by atoms with E-state index in [1.807, 2.05) is 0 Å². The number of likely N-dealkylation sites (tertiary alicyclic amines) is 1. The van der Waals surface area contributed by atoms with E-state index in [9.17, 15) is 4.79 Å². The molecule has 1 unspecified atom stereocenters. The van der Waals surface area contributed by atoms with Crippen LogP contribution in [0.5, 0.6) is 0 Å². The fraction of sp³-hybridized carbons (Fsp3) is 0.933. The monoisotopic (exact) mass is 252 g/mol. The summed E-state index contributed by atoms with van der Waals surface area (Å²) in [5.41, 5.74) is 6.29. The summed E-state index contributed by atoms with van der Waals surface area (Å²) in [6, 6.07) is 0. The first-order valence-electron chi connectivity index (χ1n) is 7.67. The molecular formula is C15H28N2O. The fourth-order valence-electron chi connectivity index (χ4n) is 3.63. The summed E-state index contributed by atoms with van der Waals surface area (Å²) in [7, 11) is 0. The molecule has 1 saturated heterocycles. The van der Waals surface area contributed by atoms with Gasteiger partial charge in [0.1, 0.15) is 0 Å². The SMILES string of the molecule is CCC(CN)CC(=O)N1CCC2(CCCC2)CC1. The number of nitrogens with zero attached hydrogens (tertiary/aromatic N) is 1. The van der Waals surface area contributed by atoms with Gasteiger partial charge in [-0.05, 0) is 43.6 Å². The smallest absolute Gasteiger partial charge is 0.222 e. The van der Waals surface area contributed by atoms with Crippen LogP contribution in [-0.4, -0.2) is 30.4 Å². The van der Waals surface area contributed by atoms with Crippen molar-refractivity contribution in [3.8, 4) is 0 Å². The third kappa shape index (κ3) is 3.05. The van der Waals surface area contributed by atoms with Gasteiger partial charge in [-0.2, -0.15) is 0 Å². The van der Waals surface area contributed by atoms with Gasteiger partial charge < -0.3 is 10.6 Å². The first kappa shape index (κ1) is 13.9. The Kier molecular flexibility index (Phi) is 4.66. The molecule has 0 bridgehead atoms. The molecule has 3 nitrogen and oxygen atoms in total. The Labute approximate surface area is 111 Å². The molecule has 1 spiro atoms. The summed E-state index contributed by atoms with van der Waals surface area (Å²) in [5.74, 6) is 0.708. The van der Waals surface area contributed by atoms with Gasteiger partial charge in [0.2, 0.25) is 5.91 Å². The van der Waals surface area contributed by atoms with E-state index in [1.165, 1.54) is 38.5 Å². The summed E-state index contributed by atoms with van der Waals surface area (Å²) in [4.78, 5) is 14.3. The van der Waals surface area contributed by atoms with E-state index >= 15 is 0 Å². The maximum atomic E-state index is 12.2. The molecule has 0 aromatic carbocycles. The lowest BCUT2D eigenvalue weighted by Gasteiger charge is -2.39. The minimum absolute atomic E-state index is 0.333. The topological polar surface area (TPSA) is 46.3 Å². The van der Waals surface area contributed by atoms with Crippen LogP contribution in [0.4, 0.5) is 0 Å². The van der Waals surface area contributed by atoms with E-state index in [1.54, 1.807) is 0 Å². The molecule has 1 saturated carbocycles. The first-order chi connectivity index (χ1) is 8.69. The van der Waals surface area contributed by atoms with Gasteiger partial charge in [0.15, 0.2) is 0 Å². The molecule has 1 aliphatic carbocycles. The maximum absolute atomic E-state index is 12.2. The average Bonchev–Trinajstić information content (AvgIpc) is 2.85. The van der Waals surface area contributed by atoms with E-state index in [0.29, 0.717) is 30.2 Å². The van der Waals surface area contributed by atoms with Crippen LogP contribution in [0.15, 0.2) is 0 Å². The minimum atomic E-state index is 0.333. The number of carbonyl (C=O) groups excluding carboxylic acids is 1. The Morgan fingerprint density at radius 1 is 1.22 bits per heavy atom. The van der Waals surface area contributed by atoms with Crippen LogP contribution < -0.4 is 5.73 Å². The number of hydrogen-bond acceptors (Lipinski definition) is 2. The lowest BCUT2D eigenvalue weighted by molar-refractivity contribution is -0.134. The molecule has 2 fully saturated rings. The second-order valence-corrected chi connectivity index (χ2v) is 6.30. The standard InChI is InChI=1S/C15H28N2O/c1-2-13(12-16)11-14(18)17-9-7-15(8-10-17)5-3-4-6-15/h13H,2-12,16H2,1H3. The van der Waals surface area contributed by atoms with E-state index in [0.717, 1.165) is 19.5 Å². The van der Waals surface area contributed by atoms with E-state index in [2.05, 4.69) is 11.8 Å². The second kappa shape index (κ2) is 6.05. The molecule has 18 heavy (non-hydrogen) atoms. The minimum Gasteiger partial charge on any atom is -0.343 e. The van der Waals surface area contributed by atoms with Gasteiger partial charge in [0, 0.05) is 19.5 Å². The van der Waals surface area contributed by atoms with Gasteiger partial charge in [-0.1, -0.05) is 26.2 Å². The zero-order valence-corrected chi connectivity index (χ0v) is 11.8. The summed E-state index contributed by atoms with van der Waals surface area (Å²) in [6.45, 7) is 4.73.